The van der Waals surface area contributed by atoms with Crippen molar-refractivity contribution >= 4 is 11.0 Å². The molecule has 3 rings (SSSR count). The Morgan fingerprint density at radius 2 is 1.94 bits per heavy atom. The molecule has 1 aromatic heterocycles. The van der Waals surface area contributed by atoms with Gasteiger partial charge in [-0.25, -0.2) is 0 Å². The molecule has 0 N–H and O–H groups in total. The molecule has 94 valence electrons. The van der Waals surface area contributed by atoms with Crippen molar-refractivity contribution < 1.29 is 9.15 Å². The van der Waals surface area contributed by atoms with E-state index < -0.39 is 0 Å². The molecule has 1 fully saturated rings. The van der Waals surface area contributed by atoms with Crippen LogP contribution < -0.4 is 5.43 Å². The standard InChI is InChI=1S/C14H15NO3/c16-14-11(9-15-5-7-17-8-6-15)10-18-13-4-2-1-3-12(13)14/h1-4,10H,5-9H2. The van der Waals surface area contributed by atoms with Crippen molar-refractivity contribution in [3.8, 4) is 0 Å². The third-order valence-corrected chi connectivity index (χ3v) is 3.25. The molecule has 0 atom stereocenters. The molecule has 0 bridgehead atoms. The summed E-state index contributed by atoms with van der Waals surface area (Å²) in [5.74, 6) is 0. The first-order valence-corrected chi connectivity index (χ1v) is 6.14. The van der Waals surface area contributed by atoms with Gasteiger partial charge in [-0.15, -0.1) is 0 Å². The zero-order chi connectivity index (χ0) is 12.4. The Morgan fingerprint density at radius 1 is 1.17 bits per heavy atom. The van der Waals surface area contributed by atoms with Gasteiger partial charge in [0.05, 0.1) is 24.9 Å². The number of para-hydroxylation sites is 1. The zero-order valence-corrected chi connectivity index (χ0v) is 10.1. The molecule has 4 nitrogen and oxygen atoms in total. The first kappa shape index (κ1) is 11.4. The smallest absolute Gasteiger partial charge is 0.197 e. The summed E-state index contributed by atoms with van der Waals surface area (Å²) in [4.78, 5) is 14.5. The van der Waals surface area contributed by atoms with Crippen LogP contribution in [0.3, 0.4) is 0 Å². The Morgan fingerprint density at radius 3 is 2.78 bits per heavy atom. The molecule has 1 aromatic carbocycles. The van der Waals surface area contributed by atoms with E-state index in [1.807, 2.05) is 24.3 Å². The molecule has 0 saturated carbocycles. The minimum atomic E-state index is 0.0725. The highest BCUT2D eigenvalue weighted by atomic mass is 16.5. The first-order chi connectivity index (χ1) is 8.84. The number of benzene rings is 1. The Hall–Kier alpha value is -1.65. The monoisotopic (exact) mass is 245 g/mol. The van der Waals surface area contributed by atoms with Crippen LogP contribution >= 0.6 is 0 Å². The number of hydrogen-bond donors (Lipinski definition) is 0. The summed E-state index contributed by atoms with van der Waals surface area (Å²) in [6.45, 7) is 3.84. The van der Waals surface area contributed by atoms with E-state index in [0.717, 1.165) is 31.9 Å². The van der Waals surface area contributed by atoms with Crippen LogP contribution in [0.25, 0.3) is 11.0 Å². The number of hydrogen-bond acceptors (Lipinski definition) is 4. The van der Waals surface area contributed by atoms with Crippen LogP contribution in [-0.4, -0.2) is 31.2 Å². The van der Waals surface area contributed by atoms with Crippen LogP contribution in [-0.2, 0) is 11.3 Å². The van der Waals surface area contributed by atoms with Crippen molar-refractivity contribution in [2.75, 3.05) is 26.3 Å². The van der Waals surface area contributed by atoms with Gasteiger partial charge in [-0.3, -0.25) is 9.69 Å². The van der Waals surface area contributed by atoms with Gasteiger partial charge in [0.1, 0.15) is 5.58 Å². The third-order valence-electron chi connectivity index (χ3n) is 3.25. The van der Waals surface area contributed by atoms with E-state index in [9.17, 15) is 4.79 Å². The van der Waals surface area contributed by atoms with Crippen molar-refractivity contribution in [3.05, 3.63) is 46.3 Å². The summed E-state index contributed by atoms with van der Waals surface area (Å²) in [7, 11) is 0. The maximum atomic E-state index is 12.3. The van der Waals surface area contributed by atoms with Crippen molar-refractivity contribution in [1.82, 2.24) is 4.90 Å². The maximum absolute atomic E-state index is 12.3. The van der Waals surface area contributed by atoms with Gasteiger partial charge in [0.15, 0.2) is 5.43 Å². The third kappa shape index (κ3) is 2.17. The molecule has 0 radical (unpaired) electrons. The fourth-order valence-electron chi connectivity index (χ4n) is 2.23. The molecule has 0 aliphatic carbocycles. The van der Waals surface area contributed by atoms with Crippen LogP contribution in [0.4, 0.5) is 0 Å². The second kappa shape index (κ2) is 4.92. The number of morpholine rings is 1. The summed E-state index contributed by atoms with van der Waals surface area (Å²) in [5, 5.41) is 0.656. The minimum absolute atomic E-state index is 0.0725. The zero-order valence-electron chi connectivity index (χ0n) is 10.1. The highest BCUT2D eigenvalue weighted by molar-refractivity contribution is 5.76. The summed E-state index contributed by atoms with van der Waals surface area (Å²) in [6.07, 6.45) is 1.58. The lowest BCUT2D eigenvalue weighted by Gasteiger charge is -2.26. The van der Waals surface area contributed by atoms with E-state index in [0.29, 0.717) is 17.5 Å². The lowest BCUT2D eigenvalue weighted by Crippen LogP contribution is -2.36. The maximum Gasteiger partial charge on any atom is 0.197 e. The summed E-state index contributed by atoms with van der Waals surface area (Å²) in [6, 6.07) is 7.35. The fraction of sp³-hybridized carbons (Fsp3) is 0.357. The Labute approximate surface area is 105 Å². The van der Waals surface area contributed by atoms with Gasteiger partial charge in [0.25, 0.3) is 0 Å². The van der Waals surface area contributed by atoms with Crippen molar-refractivity contribution in [2.45, 2.75) is 6.54 Å². The van der Waals surface area contributed by atoms with Crippen LogP contribution in [0, 0.1) is 0 Å². The van der Waals surface area contributed by atoms with E-state index >= 15 is 0 Å². The lowest BCUT2D eigenvalue weighted by molar-refractivity contribution is 0.0339. The van der Waals surface area contributed by atoms with Gasteiger partial charge < -0.3 is 9.15 Å². The highest BCUT2D eigenvalue weighted by Crippen LogP contribution is 2.12. The molecule has 1 aliphatic rings. The molecule has 0 unspecified atom stereocenters. The van der Waals surface area contributed by atoms with Crippen LogP contribution in [0.5, 0.6) is 0 Å². The number of fused-ring (bicyclic) bond motifs is 1. The Kier molecular flexibility index (Phi) is 3.13. The molecule has 1 saturated heterocycles. The number of rotatable bonds is 2. The summed E-state index contributed by atoms with van der Waals surface area (Å²) in [5.41, 5.74) is 1.44. The average molecular weight is 245 g/mol. The SMILES string of the molecule is O=c1c(CN2CCOCC2)coc2ccccc12. The van der Waals surface area contributed by atoms with Crippen LogP contribution in [0.15, 0.2) is 39.7 Å². The van der Waals surface area contributed by atoms with Gasteiger partial charge in [-0.2, -0.15) is 0 Å². The lowest BCUT2D eigenvalue weighted by atomic mass is 10.1. The van der Waals surface area contributed by atoms with E-state index in [1.54, 1.807) is 6.26 Å². The highest BCUT2D eigenvalue weighted by Gasteiger charge is 2.14. The van der Waals surface area contributed by atoms with E-state index in [1.165, 1.54) is 0 Å². The fourth-order valence-corrected chi connectivity index (χ4v) is 2.23. The van der Waals surface area contributed by atoms with Gasteiger partial charge in [-0.1, -0.05) is 12.1 Å². The molecule has 4 heteroatoms. The normalized spacial score (nSPS) is 17.1. The molecule has 2 aromatic rings. The van der Waals surface area contributed by atoms with E-state index in [2.05, 4.69) is 4.90 Å². The predicted octanol–water partition coefficient (Wildman–Crippen LogP) is 1.63. The molecule has 1 aliphatic heterocycles. The summed E-state index contributed by atoms with van der Waals surface area (Å²) >= 11 is 0. The van der Waals surface area contributed by atoms with Gasteiger partial charge in [-0.05, 0) is 12.1 Å². The predicted molar refractivity (Wildman–Crippen MR) is 68.6 cm³/mol. The average Bonchev–Trinajstić information content (AvgIpc) is 2.43. The molecule has 2 heterocycles. The second-order valence-corrected chi connectivity index (χ2v) is 4.47. The topological polar surface area (TPSA) is 42.7 Å². The van der Waals surface area contributed by atoms with Crippen molar-refractivity contribution in [3.63, 3.8) is 0 Å². The van der Waals surface area contributed by atoms with Gasteiger partial charge in [0, 0.05) is 25.2 Å². The molecule has 0 spiro atoms. The molecule has 0 amide bonds. The van der Waals surface area contributed by atoms with E-state index in [4.69, 9.17) is 9.15 Å². The van der Waals surface area contributed by atoms with Crippen LogP contribution in [0.2, 0.25) is 0 Å². The molecular weight excluding hydrogens is 230 g/mol. The number of nitrogens with zero attached hydrogens (tertiary/aromatic N) is 1. The van der Waals surface area contributed by atoms with Crippen molar-refractivity contribution in [2.24, 2.45) is 0 Å². The first-order valence-electron chi connectivity index (χ1n) is 6.14. The largest absolute Gasteiger partial charge is 0.464 e. The Balaban J connectivity index is 1.92. The quantitative estimate of drug-likeness (QED) is 0.806. The Bertz CT molecular complexity index is 599. The van der Waals surface area contributed by atoms with Crippen LogP contribution in [0.1, 0.15) is 5.56 Å². The minimum Gasteiger partial charge on any atom is -0.464 e. The molecular formula is C14H15NO3. The second-order valence-electron chi connectivity index (χ2n) is 4.47. The van der Waals surface area contributed by atoms with Crippen molar-refractivity contribution in [1.29, 1.82) is 0 Å². The number of ether oxygens (including phenoxy) is 1. The van der Waals surface area contributed by atoms with Gasteiger partial charge >= 0.3 is 0 Å². The molecule has 18 heavy (non-hydrogen) atoms. The summed E-state index contributed by atoms with van der Waals surface area (Å²) < 4.78 is 10.8. The van der Waals surface area contributed by atoms with E-state index in [-0.39, 0.29) is 5.43 Å². The van der Waals surface area contributed by atoms with Gasteiger partial charge in [0.2, 0.25) is 0 Å².